The van der Waals surface area contributed by atoms with E-state index in [0.29, 0.717) is 5.92 Å². The summed E-state index contributed by atoms with van der Waals surface area (Å²) in [5.41, 5.74) is 2.41. The van der Waals surface area contributed by atoms with Gasteiger partial charge in [0.25, 0.3) is 0 Å². The molecule has 2 aromatic rings. The second kappa shape index (κ2) is 8.78. The summed E-state index contributed by atoms with van der Waals surface area (Å²) in [6, 6.07) is 0. The first-order chi connectivity index (χ1) is 11.3. The molecule has 2 aromatic heterocycles. The Kier molecular flexibility index (Phi) is 6.98. The van der Waals surface area contributed by atoms with Crippen molar-refractivity contribution >= 4 is 30.6 Å². The number of hydrogen-bond donors (Lipinski definition) is 2. The molecule has 1 aliphatic carbocycles. The Bertz CT molecular complexity index is 704. The molecule has 4 rings (SSSR count). The number of halogens is 2. The number of nitrogens with one attached hydrogen (secondary N) is 2. The van der Waals surface area contributed by atoms with Crippen molar-refractivity contribution in [3.05, 3.63) is 28.8 Å². The Balaban J connectivity index is 0.00000113. The van der Waals surface area contributed by atoms with Gasteiger partial charge in [0.1, 0.15) is 11.6 Å². The Labute approximate surface area is 159 Å². The van der Waals surface area contributed by atoms with E-state index < -0.39 is 0 Å². The van der Waals surface area contributed by atoms with Gasteiger partial charge in [-0.2, -0.15) is 4.98 Å². The molecule has 3 heterocycles. The van der Waals surface area contributed by atoms with Gasteiger partial charge in [0.2, 0.25) is 5.89 Å². The van der Waals surface area contributed by atoms with Gasteiger partial charge in [-0.1, -0.05) is 5.16 Å². The van der Waals surface area contributed by atoms with Gasteiger partial charge in [-0.05, 0) is 32.7 Å². The average Bonchev–Trinajstić information content (AvgIpc) is 3.32. The van der Waals surface area contributed by atoms with Crippen LogP contribution in [0.4, 0.5) is 5.82 Å². The van der Waals surface area contributed by atoms with E-state index in [9.17, 15) is 0 Å². The van der Waals surface area contributed by atoms with E-state index in [-0.39, 0.29) is 24.8 Å². The molecule has 7 nitrogen and oxygen atoms in total. The fourth-order valence-corrected chi connectivity index (χ4v) is 2.97. The van der Waals surface area contributed by atoms with Crippen molar-refractivity contribution in [1.82, 2.24) is 25.4 Å². The zero-order valence-corrected chi connectivity index (χ0v) is 15.9. The molecule has 0 atom stereocenters. The number of anilines is 1. The van der Waals surface area contributed by atoms with Gasteiger partial charge in [-0.3, -0.25) is 0 Å². The first-order valence-corrected chi connectivity index (χ1v) is 8.43. The molecule has 0 bridgehead atoms. The van der Waals surface area contributed by atoms with Crippen LogP contribution in [-0.4, -0.2) is 39.7 Å². The van der Waals surface area contributed by atoms with E-state index in [1.54, 1.807) is 0 Å². The van der Waals surface area contributed by atoms with Gasteiger partial charge in [0, 0.05) is 37.4 Å². The van der Waals surface area contributed by atoms with Crippen LogP contribution in [0.25, 0.3) is 0 Å². The smallest absolute Gasteiger partial charge is 0.229 e. The molecule has 0 radical (unpaired) electrons. The minimum absolute atomic E-state index is 0. The van der Waals surface area contributed by atoms with E-state index in [0.717, 1.165) is 62.3 Å². The zero-order valence-electron chi connectivity index (χ0n) is 14.2. The highest BCUT2D eigenvalue weighted by molar-refractivity contribution is 5.85. The molecule has 1 aliphatic heterocycles. The quantitative estimate of drug-likeness (QED) is 0.813. The highest BCUT2D eigenvalue weighted by atomic mass is 35.5. The first kappa shape index (κ1) is 19.9. The van der Waals surface area contributed by atoms with Crippen LogP contribution < -0.4 is 10.6 Å². The molecule has 0 amide bonds. The molecule has 1 fully saturated rings. The normalized spacial score (nSPS) is 16.2. The topological polar surface area (TPSA) is 88.8 Å². The van der Waals surface area contributed by atoms with E-state index in [2.05, 4.69) is 30.7 Å². The summed E-state index contributed by atoms with van der Waals surface area (Å²) in [4.78, 5) is 13.7. The third-order valence-electron chi connectivity index (χ3n) is 4.35. The molecule has 1 saturated carbocycles. The number of fused-ring (bicyclic) bond motifs is 1. The third-order valence-corrected chi connectivity index (χ3v) is 4.35. The maximum atomic E-state index is 5.29. The molecule has 9 heteroatoms. The molecule has 138 valence electrons. The molecule has 0 unspecified atom stereocenters. The minimum atomic E-state index is 0. The lowest BCUT2D eigenvalue weighted by Gasteiger charge is -2.13. The Hall–Kier alpha value is -1.44. The van der Waals surface area contributed by atoms with Crippen LogP contribution in [0.1, 0.15) is 47.6 Å². The number of hydrogen-bond acceptors (Lipinski definition) is 7. The van der Waals surface area contributed by atoms with Crippen LogP contribution in [0.5, 0.6) is 0 Å². The van der Waals surface area contributed by atoms with Gasteiger partial charge < -0.3 is 15.2 Å². The van der Waals surface area contributed by atoms with Crippen LogP contribution in [0.15, 0.2) is 4.52 Å². The highest BCUT2D eigenvalue weighted by Crippen LogP contribution is 2.38. The average molecular weight is 387 g/mol. The fraction of sp³-hybridized carbons (Fsp3) is 0.625. The maximum absolute atomic E-state index is 5.29. The van der Waals surface area contributed by atoms with Gasteiger partial charge in [-0.25, -0.2) is 9.97 Å². The second-order valence-electron chi connectivity index (χ2n) is 6.29. The minimum Gasteiger partial charge on any atom is -0.369 e. The van der Waals surface area contributed by atoms with Crippen LogP contribution in [0.2, 0.25) is 0 Å². The monoisotopic (exact) mass is 386 g/mol. The van der Waals surface area contributed by atoms with Crippen LogP contribution >= 0.6 is 24.8 Å². The van der Waals surface area contributed by atoms with Gasteiger partial charge in [0.05, 0.1) is 5.69 Å². The molecule has 2 aliphatic rings. The van der Waals surface area contributed by atoms with E-state index in [1.807, 2.05) is 6.92 Å². The summed E-state index contributed by atoms with van der Waals surface area (Å²) >= 11 is 0. The number of rotatable bonds is 5. The predicted octanol–water partition coefficient (Wildman–Crippen LogP) is 2.23. The molecule has 0 aromatic carbocycles. The summed E-state index contributed by atoms with van der Waals surface area (Å²) in [6.07, 6.45) is 5.03. The number of aryl methyl sites for hydroxylation is 1. The van der Waals surface area contributed by atoms with Crippen molar-refractivity contribution < 1.29 is 4.52 Å². The largest absolute Gasteiger partial charge is 0.369 e. The van der Waals surface area contributed by atoms with Crippen molar-refractivity contribution in [1.29, 1.82) is 0 Å². The van der Waals surface area contributed by atoms with Gasteiger partial charge in [0.15, 0.2) is 5.82 Å². The van der Waals surface area contributed by atoms with E-state index in [4.69, 9.17) is 4.52 Å². The number of nitrogens with zero attached hydrogens (tertiary/aromatic N) is 4. The summed E-state index contributed by atoms with van der Waals surface area (Å²) in [5.74, 6) is 3.87. The zero-order chi connectivity index (χ0) is 15.6. The predicted molar refractivity (Wildman–Crippen MR) is 100 cm³/mol. The maximum Gasteiger partial charge on any atom is 0.229 e. The van der Waals surface area contributed by atoms with Gasteiger partial charge in [-0.15, -0.1) is 24.8 Å². The highest BCUT2D eigenvalue weighted by Gasteiger charge is 2.29. The van der Waals surface area contributed by atoms with Crippen LogP contribution in [0, 0.1) is 6.92 Å². The summed E-state index contributed by atoms with van der Waals surface area (Å²) in [7, 11) is 0. The van der Waals surface area contributed by atoms with Crippen molar-refractivity contribution in [2.45, 2.75) is 44.9 Å². The molecular formula is C16H24Cl2N6O. The van der Waals surface area contributed by atoms with Crippen molar-refractivity contribution in [2.24, 2.45) is 0 Å². The standard InChI is InChI=1S/C16H22N6O.2ClH/c1-10-19-13-5-8-17-7-4-12(13)15(20-10)18-9-6-14-21-16(23-22-14)11-2-3-11;;/h11,17H,2-9H2,1H3,(H,18,19,20);2*1H. The Morgan fingerprint density at radius 2 is 1.92 bits per heavy atom. The SMILES string of the molecule is Cc1nc2c(c(NCCc3noc(C4CC4)n3)n1)CCNCC2.Cl.Cl. The van der Waals surface area contributed by atoms with E-state index >= 15 is 0 Å². The molecular weight excluding hydrogens is 363 g/mol. The fourth-order valence-electron chi connectivity index (χ4n) is 2.97. The summed E-state index contributed by atoms with van der Waals surface area (Å²) in [6.45, 7) is 4.66. The second-order valence-corrected chi connectivity index (χ2v) is 6.29. The molecule has 2 N–H and O–H groups in total. The lowest BCUT2D eigenvalue weighted by Crippen LogP contribution is -2.16. The van der Waals surface area contributed by atoms with Gasteiger partial charge >= 0.3 is 0 Å². The molecule has 0 spiro atoms. The lowest BCUT2D eigenvalue weighted by atomic mass is 10.1. The van der Waals surface area contributed by atoms with Crippen LogP contribution in [-0.2, 0) is 19.3 Å². The van der Waals surface area contributed by atoms with E-state index in [1.165, 1.54) is 24.1 Å². The molecule has 25 heavy (non-hydrogen) atoms. The lowest BCUT2D eigenvalue weighted by molar-refractivity contribution is 0.374. The first-order valence-electron chi connectivity index (χ1n) is 8.43. The van der Waals surface area contributed by atoms with Crippen molar-refractivity contribution in [3.8, 4) is 0 Å². The van der Waals surface area contributed by atoms with Crippen molar-refractivity contribution in [3.63, 3.8) is 0 Å². The Morgan fingerprint density at radius 3 is 2.72 bits per heavy atom. The Morgan fingerprint density at radius 1 is 1.12 bits per heavy atom. The van der Waals surface area contributed by atoms with Crippen LogP contribution in [0.3, 0.4) is 0 Å². The summed E-state index contributed by atoms with van der Waals surface area (Å²) < 4.78 is 5.29. The van der Waals surface area contributed by atoms with Crippen molar-refractivity contribution in [2.75, 3.05) is 25.0 Å². The third kappa shape index (κ3) is 4.80. The summed E-state index contributed by atoms with van der Waals surface area (Å²) in [5, 5.41) is 10.9. The molecule has 0 saturated heterocycles. The number of aromatic nitrogens is 4.